The van der Waals surface area contributed by atoms with Gasteiger partial charge in [-0.15, -0.1) is 0 Å². The van der Waals surface area contributed by atoms with Gasteiger partial charge in [0.25, 0.3) is 0 Å². The molecule has 4 N–H and O–H groups in total. The summed E-state index contributed by atoms with van der Waals surface area (Å²) >= 11 is 0. The Hall–Kier alpha value is -3.12. The lowest BCUT2D eigenvalue weighted by Crippen LogP contribution is -2.59. The van der Waals surface area contributed by atoms with Crippen molar-refractivity contribution in [2.45, 2.75) is 166 Å². The molecule has 1 rings (SSSR count). The van der Waals surface area contributed by atoms with Crippen LogP contribution in [0, 0.1) is 0 Å². The van der Waals surface area contributed by atoms with E-state index in [1.807, 2.05) is 0 Å². The van der Waals surface area contributed by atoms with Crippen molar-refractivity contribution < 1.29 is 49.0 Å². The Balaban J connectivity index is 2.42. The fourth-order valence-corrected chi connectivity index (χ4v) is 5.54. The second kappa shape index (κ2) is 35.3. The van der Waals surface area contributed by atoms with Gasteiger partial charge in [0.05, 0.1) is 13.2 Å². The van der Waals surface area contributed by atoms with Crippen LogP contribution in [0.25, 0.3) is 0 Å². The number of unbranched alkanes of at least 4 members (excludes halogenated alkanes) is 7. The fourth-order valence-electron chi connectivity index (χ4n) is 5.54. The fraction of sp³-hybridized carbons (Fsp3) is 0.644. The van der Waals surface area contributed by atoms with Crippen LogP contribution < -0.4 is 0 Å². The summed E-state index contributed by atoms with van der Waals surface area (Å²) < 4.78 is 22.0. The van der Waals surface area contributed by atoms with Gasteiger partial charge >= 0.3 is 11.9 Å². The van der Waals surface area contributed by atoms with E-state index in [2.05, 4.69) is 98.9 Å². The number of carbonyl (C=O) groups is 2. The molecular weight excluding hydrogens is 700 g/mol. The number of rotatable bonds is 32. The van der Waals surface area contributed by atoms with Gasteiger partial charge in [0.2, 0.25) is 0 Å². The van der Waals surface area contributed by atoms with Crippen molar-refractivity contribution in [1.29, 1.82) is 0 Å². The van der Waals surface area contributed by atoms with Gasteiger partial charge < -0.3 is 39.4 Å². The van der Waals surface area contributed by atoms with Crippen molar-refractivity contribution >= 4 is 11.9 Å². The van der Waals surface area contributed by atoms with Gasteiger partial charge in [-0.05, 0) is 83.5 Å². The van der Waals surface area contributed by atoms with Crippen molar-refractivity contribution in [1.82, 2.24) is 0 Å². The summed E-state index contributed by atoms with van der Waals surface area (Å²) in [5.74, 6) is -0.886. The molecular formula is C45H72O10. The van der Waals surface area contributed by atoms with Crippen LogP contribution in [0.2, 0.25) is 0 Å². The predicted molar refractivity (Wildman–Crippen MR) is 219 cm³/mol. The Bertz CT molecular complexity index is 1170. The topological polar surface area (TPSA) is 152 Å². The largest absolute Gasteiger partial charge is 0.462 e. The highest BCUT2D eigenvalue weighted by molar-refractivity contribution is 5.70. The maximum Gasteiger partial charge on any atom is 0.306 e. The molecule has 0 amide bonds. The van der Waals surface area contributed by atoms with Crippen molar-refractivity contribution in [3.63, 3.8) is 0 Å². The summed E-state index contributed by atoms with van der Waals surface area (Å²) in [7, 11) is 0. The minimum absolute atomic E-state index is 0.168. The lowest BCUT2D eigenvalue weighted by atomic mass is 9.99. The highest BCUT2D eigenvalue weighted by Crippen LogP contribution is 2.22. The Morgan fingerprint density at radius 1 is 0.564 bits per heavy atom. The Morgan fingerprint density at radius 3 is 1.56 bits per heavy atom. The third-order valence-corrected chi connectivity index (χ3v) is 8.78. The van der Waals surface area contributed by atoms with Crippen LogP contribution in [0.3, 0.4) is 0 Å². The van der Waals surface area contributed by atoms with Crippen LogP contribution in [0.1, 0.15) is 129 Å². The molecule has 1 aliphatic heterocycles. The van der Waals surface area contributed by atoms with Crippen LogP contribution in [-0.2, 0) is 28.5 Å². The van der Waals surface area contributed by atoms with Gasteiger partial charge in [-0.1, -0.05) is 118 Å². The minimum atomic E-state index is -1.61. The number of hydrogen-bond donors (Lipinski definition) is 4. The SMILES string of the molecule is CC/C=C/C/C=C/C/C=C/C/C=C/CCCCC(=O)O[C@@H](COC(=O)CCCCCCC/C=C/C/C=C/C/C=C/CC)CO[C@H]1O[C@@H](CO)[C@@H](O)C(O)C1O. The molecule has 1 fully saturated rings. The number of esters is 2. The predicted octanol–water partition coefficient (Wildman–Crippen LogP) is 8.21. The Kier molecular flexibility index (Phi) is 32.0. The van der Waals surface area contributed by atoms with Crippen molar-refractivity contribution in [3.05, 3.63) is 85.1 Å². The highest BCUT2D eigenvalue weighted by atomic mass is 16.7. The van der Waals surface area contributed by atoms with E-state index in [0.29, 0.717) is 12.8 Å². The quantitative estimate of drug-likeness (QED) is 0.0299. The molecule has 0 spiro atoms. The van der Waals surface area contributed by atoms with Gasteiger partial charge in [0.15, 0.2) is 12.4 Å². The molecule has 1 saturated heterocycles. The summed E-state index contributed by atoms with van der Waals surface area (Å²) in [5.41, 5.74) is 0. The van der Waals surface area contributed by atoms with E-state index in [9.17, 15) is 30.0 Å². The summed E-state index contributed by atoms with van der Waals surface area (Å²) in [5, 5.41) is 40.0. The van der Waals surface area contributed by atoms with Crippen molar-refractivity contribution in [3.8, 4) is 0 Å². The van der Waals surface area contributed by atoms with Crippen LogP contribution in [0.5, 0.6) is 0 Å². The second-order valence-corrected chi connectivity index (χ2v) is 13.7. The first-order valence-electron chi connectivity index (χ1n) is 20.7. The summed E-state index contributed by atoms with van der Waals surface area (Å²) in [6, 6.07) is 0. The molecule has 0 aliphatic carbocycles. The molecule has 0 aromatic carbocycles. The van der Waals surface area contributed by atoms with Crippen LogP contribution in [0.15, 0.2) is 85.1 Å². The first-order chi connectivity index (χ1) is 26.8. The van der Waals surface area contributed by atoms with Crippen molar-refractivity contribution in [2.24, 2.45) is 0 Å². The molecule has 0 bridgehead atoms. The van der Waals surface area contributed by atoms with Crippen LogP contribution in [-0.4, -0.2) is 89.0 Å². The highest BCUT2D eigenvalue weighted by Gasteiger charge is 2.44. The molecule has 2 unspecified atom stereocenters. The first kappa shape index (κ1) is 49.9. The average molecular weight is 773 g/mol. The maximum absolute atomic E-state index is 12.7. The number of carbonyl (C=O) groups excluding carboxylic acids is 2. The van der Waals surface area contributed by atoms with Gasteiger partial charge in [-0.25, -0.2) is 0 Å². The number of allylic oxidation sites excluding steroid dienone is 14. The first-order valence-corrected chi connectivity index (χ1v) is 20.7. The van der Waals surface area contributed by atoms with E-state index in [1.165, 1.54) is 0 Å². The van der Waals surface area contributed by atoms with Crippen molar-refractivity contribution in [2.75, 3.05) is 19.8 Å². The zero-order valence-corrected chi connectivity index (χ0v) is 33.6. The molecule has 55 heavy (non-hydrogen) atoms. The molecule has 0 aromatic heterocycles. The van der Waals surface area contributed by atoms with Gasteiger partial charge in [0, 0.05) is 12.8 Å². The number of aliphatic hydroxyl groups is 4. The Morgan fingerprint density at radius 2 is 1.02 bits per heavy atom. The molecule has 312 valence electrons. The molecule has 6 atom stereocenters. The number of ether oxygens (including phenoxy) is 4. The standard InChI is InChI=1S/C45H72O10/c1-3-5-7-9-11-13-15-17-19-21-23-25-27-29-31-33-40(47)52-36-38(37-53-45-44(51)43(50)42(49)39(35-46)55-45)54-41(48)34-32-30-28-26-24-22-20-18-16-14-12-10-8-6-4-2/h5-8,11-14,17-20,24,26,38-39,42-46,49-51H,3-4,9-10,15-16,21-23,25,27-37H2,1-2H3/b7-5+,8-6+,13-11+,14-12+,19-17+,20-18+,26-24+/t38-,39-,42+,43?,44?,45-/m0/s1. The van der Waals surface area contributed by atoms with E-state index < -0.39 is 55.4 Å². The van der Waals surface area contributed by atoms with Gasteiger partial charge in [-0.3, -0.25) is 9.59 Å². The lowest BCUT2D eigenvalue weighted by molar-refractivity contribution is -0.305. The van der Waals surface area contributed by atoms with E-state index >= 15 is 0 Å². The summed E-state index contributed by atoms with van der Waals surface area (Å²) in [6.45, 7) is 3.10. The summed E-state index contributed by atoms with van der Waals surface area (Å²) in [6.07, 6.45) is 37.3. The molecule has 0 saturated carbocycles. The van der Waals surface area contributed by atoms with Crippen LogP contribution in [0.4, 0.5) is 0 Å². The molecule has 10 nitrogen and oxygen atoms in total. The van der Waals surface area contributed by atoms with Crippen LogP contribution >= 0.6 is 0 Å². The third-order valence-electron chi connectivity index (χ3n) is 8.78. The smallest absolute Gasteiger partial charge is 0.306 e. The molecule has 1 aliphatic rings. The molecule has 0 aromatic rings. The molecule has 10 heteroatoms. The second-order valence-electron chi connectivity index (χ2n) is 13.7. The van der Waals surface area contributed by atoms with E-state index in [0.717, 1.165) is 89.9 Å². The van der Waals surface area contributed by atoms with Gasteiger partial charge in [0.1, 0.15) is 31.0 Å². The minimum Gasteiger partial charge on any atom is -0.462 e. The molecule has 1 heterocycles. The van der Waals surface area contributed by atoms with E-state index in [-0.39, 0.29) is 26.1 Å². The maximum atomic E-state index is 12.7. The Labute approximate surface area is 331 Å². The third kappa shape index (κ3) is 27.2. The zero-order valence-electron chi connectivity index (χ0n) is 33.6. The average Bonchev–Trinajstić information content (AvgIpc) is 3.18. The normalized spacial score (nSPS) is 21.5. The number of hydrogen-bond acceptors (Lipinski definition) is 10. The van der Waals surface area contributed by atoms with E-state index in [4.69, 9.17) is 18.9 Å². The van der Waals surface area contributed by atoms with Gasteiger partial charge in [-0.2, -0.15) is 0 Å². The summed E-state index contributed by atoms with van der Waals surface area (Å²) in [4.78, 5) is 25.2. The lowest BCUT2D eigenvalue weighted by Gasteiger charge is -2.39. The molecule has 0 radical (unpaired) electrons. The zero-order chi connectivity index (χ0) is 40.2. The monoisotopic (exact) mass is 773 g/mol. The number of aliphatic hydroxyl groups excluding tert-OH is 4. The van der Waals surface area contributed by atoms with E-state index in [1.54, 1.807) is 0 Å².